The van der Waals surface area contributed by atoms with Crippen LogP contribution < -0.4 is 19.8 Å². The first-order chi connectivity index (χ1) is 12.9. The molecule has 0 saturated heterocycles. The molecule has 0 spiro atoms. The number of aromatic hydroxyl groups is 1. The molecule has 0 fully saturated rings. The molecule has 1 N–H and O–H groups in total. The zero-order chi connectivity index (χ0) is 19.7. The molecule has 0 aliphatic carbocycles. The Kier molecular flexibility index (Phi) is 5.50. The molecule has 0 aliphatic heterocycles. The summed E-state index contributed by atoms with van der Waals surface area (Å²) < 4.78 is 18.2. The summed E-state index contributed by atoms with van der Waals surface area (Å²) in [5.74, 6) is 1.64. The average molecular weight is 481 g/mol. The molecular weight excluding hydrogens is 461 g/mol. The van der Waals surface area contributed by atoms with Gasteiger partial charge in [-0.05, 0) is 52.4 Å². The number of hydrogen-bond acceptors (Lipinski definition) is 5. The van der Waals surface area contributed by atoms with Crippen molar-refractivity contribution in [3.8, 4) is 23.0 Å². The third kappa shape index (κ3) is 3.43. The normalized spacial score (nSPS) is 10.9. The number of nitrogens with zero attached hydrogens (tertiary/aromatic N) is 1. The van der Waals surface area contributed by atoms with Gasteiger partial charge in [0.25, 0.3) is 5.56 Å². The molecule has 3 aromatic rings. The molecule has 0 saturated carbocycles. The van der Waals surface area contributed by atoms with Gasteiger partial charge in [-0.15, -0.1) is 0 Å². The van der Waals surface area contributed by atoms with Crippen LogP contribution in [0.5, 0.6) is 23.0 Å². The minimum Gasteiger partial charge on any atom is -0.504 e. The number of phenolic OH excluding ortho intramolecular Hbond substituents is 1. The summed E-state index contributed by atoms with van der Waals surface area (Å²) in [4.78, 5) is 12.7. The number of ether oxygens (including phenoxy) is 3. The molecule has 142 valence electrons. The fraction of sp³-hybridized carbons (Fsp3) is 0.250. The Hall–Kier alpha value is -2.42. The van der Waals surface area contributed by atoms with Crippen molar-refractivity contribution in [1.29, 1.82) is 0 Å². The second-order valence-corrected chi connectivity index (χ2v) is 7.14. The first-order valence-electron chi connectivity index (χ1n) is 8.20. The second-order valence-electron chi connectivity index (χ2n) is 6.06. The number of aromatic nitrogens is 1. The van der Waals surface area contributed by atoms with Gasteiger partial charge >= 0.3 is 0 Å². The van der Waals surface area contributed by atoms with Crippen molar-refractivity contribution in [2.24, 2.45) is 7.05 Å². The van der Waals surface area contributed by atoms with Gasteiger partial charge in [0.15, 0.2) is 23.0 Å². The lowest BCUT2D eigenvalue weighted by molar-refractivity contribution is 0.356. The predicted octanol–water partition coefficient (Wildman–Crippen LogP) is 3.47. The topological polar surface area (TPSA) is 69.9 Å². The van der Waals surface area contributed by atoms with Crippen LogP contribution in [0.1, 0.15) is 11.3 Å². The van der Waals surface area contributed by atoms with Crippen LogP contribution in [0.25, 0.3) is 10.8 Å². The Labute approximate surface area is 170 Å². The summed E-state index contributed by atoms with van der Waals surface area (Å²) in [7, 11) is 6.40. The van der Waals surface area contributed by atoms with E-state index >= 15 is 0 Å². The number of methoxy groups -OCH3 is 3. The lowest BCUT2D eigenvalue weighted by Gasteiger charge is -2.17. The zero-order valence-corrected chi connectivity index (χ0v) is 17.7. The monoisotopic (exact) mass is 481 g/mol. The van der Waals surface area contributed by atoms with Crippen molar-refractivity contribution >= 4 is 33.4 Å². The summed E-state index contributed by atoms with van der Waals surface area (Å²) >= 11 is 2.06. The molecule has 2 aromatic carbocycles. The summed E-state index contributed by atoms with van der Waals surface area (Å²) in [6.45, 7) is 0. The van der Waals surface area contributed by atoms with E-state index in [2.05, 4.69) is 22.6 Å². The van der Waals surface area contributed by atoms with Gasteiger partial charge in [-0.25, -0.2) is 0 Å². The minimum atomic E-state index is -0.0805. The maximum Gasteiger partial charge on any atom is 0.264 e. The maximum atomic E-state index is 12.7. The Morgan fingerprint density at radius 3 is 2.11 bits per heavy atom. The third-order valence-corrected chi connectivity index (χ3v) is 5.63. The number of hydrogen-bond donors (Lipinski definition) is 1. The van der Waals surface area contributed by atoms with E-state index in [1.165, 1.54) is 7.11 Å². The largest absolute Gasteiger partial charge is 0.504 e. The summed E-state index contributed by atoms with van der Waals surface area (Å²) in [5, 5.41) is 11.8. The summed E-state index contributed by atoms with van der Waals surface area (Å²) in [5.41, 5.74) is 1.60. The molecule has 3 rings (SSSR count). The quantitative estimate of drug-likeness (QED) is 0.566. The summed E-state index contributed by atoms with van der Waals surface area (Å²) in [6, 6.07) is 8.93. The van der Waals surface area contributed by atoms with Gasteiger partial charge in [-0.3, -0.25) is 4.79 Å². The van der Waals surface area contributed by atoms with Crippen LogP contribution in [0.2, 0.25) is 0 Å². The van der Waals surface area contributed by atoms with Gasteiger partial charge in [-0.1, -0.05) is 6.07 Å². The van der Waals surface area contributed by atoms with E-state index < -0.39 is 0 Å². The molecule has 0 aliphatic rings. The van der Waals surface area contributed by atoms with Crippen molar-refractivity contribution < 1.29 is 19.3 Å². The van der Waals surface area contributed by atoms with Crippen molar-refractivity contribution in [3.63, 3.8) is 0 Å². The van der Waals surface area contributed by atoms with Gasteiger partial charge in [0, 0.05) is 29.9 Å². The molecule has 0 atom stereocenters. The molecule has 27 heavy (non-hydrogen) atoms. The first kappa shape index (κ1) is 19.3. The number of fused-ring (bicyclic) bond motifs is 1. The van der Waals surface area contributed by atoms with E-state index in [0.29, 0.717) is 27.2 Å². The minimum absolute atomic E-state index is 0.0640. The Bertz CT molecular complexity index is 1070. The van der Waals surface area contributed by atoms with Crippen molar-refractivity contribution in [2.45, 2.75) is 6.42 Å². The first-order valence-corrected chi connectivity index (χ1v) is 9.28. The number of benzene rings is 2. The van der Waals surface area contributed by atoms with Gasteiger partial charge in [0.05, 0.1) is 24.9 Å². The lowest BCUT2D eigenvalue weighted by Crippen LogP contribution is -2.23. The van der Waals surface area contributed by atoms with Crippen LogP contribution in [-0.4, -0.2) is 31.0 Å². The lowest BCUT2D eigenvalue weighted by atomic mass is 10.0. The predicted molar refractivity (Wildman–Crippen MR) is 112 cm³/mol. The molecule has 6 nitrogen and oxygen atoms in total. The highest BCUT2D eigenvalue weighted by Crippen LogP contribution is 2.36. The molecule has 0 unspecified atom stereocenters. The number of phenols is 1. The number of pyridine rings is 1. The second kappa shape index (κ2) is 7.67. The van der Waals surface area contributed by atoms with E-state index in [9.17, 15) is 9.90 Å². The molecule has 0 radical (unpaired) electrons. The third-order valence-electron chi connectivity index (χ3n) is 4.58. The zero-order valence-electron chi connectivity index (χ0n) is 15.5. The molecule has 7 heteroatoms. The van der Waals surface area contributed by atoms with Gasteiger partial charge in [0.2, 0.25) is 0 Å². The molecular formula is C20H20INO5. The van der Waals surface area contributed by atoms with E-state index in [1.54, 1.807) is 38.0 Å². The van der Waals surface area contributed by atoms with Crippen molar-refractivity contribution in [3.05, 3.63) is 55.5 Å². The summed E-state index contributed by atoms with van der Waals surface area (Å²) in [6.07, 6.45) is 0.464. The highest BCUT2D eigenvalue weighted by atomic mass is 127. The Morgan fingerprint density at radius 2 is 1.56 bits per heavy atom. The average Bonchev–Trinajstić information content (AvgIpc) is 2.68. The van der Waals surface area contributed by atoms with E-state index in [1.807, 2.05) is 18.2 Å². The fourth-order valence-corrected chi connectivity index (χ4v) is 3.93. The number of halogens is 1. The van der Waals surface area contributed by atoms with Gasteiger partial charge in [0.1, 0.15) is 0 Å². The van der Waals surface area contributed by atoms with E-state index in [-0.39, 0.29) is 11.3 Å². The standard InChI is InChI=1S/C20H20INO5/c1-22-14(7-11-5-6-16(25-2)15(23)8-11)12-9-17(26-3)18(27-4)10-13(12)19(21)20(22)24/h5-6,8-10,23H,7H2,1-4H3. The van der Waals surface area contributed by atoms with Crippen LogP contribution in [0.3, 0.4) is 0 Å². The van der Waals surface area contributed by atoms with E-state index in [4.69, 9.17) is 14.2 Å². The molecule has 1 aromatic heterocycles. The molecule has 0 amide bonds. The Morgan fingerprint density at radius 1 is 0.963 bits per heavy atom. The van der Waals surface area contributed by atoms with E-state index in [0.717, 1.165) is 22.0 Å². The highest BCUT2D eigenvalue weighted by Gasteiger charge is 2.17. The van der Waals surface area contributed by atoms with Crippen LogP contribution >= 0.6 is 22.6 Å². The van der Waals surface area contributed by atoms with Crippen LogP contribution in [0.4, 0.5) is 0 Å². The molecule has 0 bridgehead atoms. The highest BCUT2D eigenvalue weighted by molar-refractivity contribution is 14.1. The number of rotatable bonds is 5. The van der Waals surface area contributed by atoms with Crippen molar-refractivity contribution in [1.82, 2.24) is 4.57 Å². The maximum absolute atomic E-state index is 12.7. The van der Waals surface area contributed by atoms with Crippen LogP contribution in [-0.2, 0) is 13.5 Å². The van der Waals surface area contributed by atoms with Gasteiger partial charge in [-0.2, -0.15) is 0 Å². The van der Waals surface area contributed by atoms with Crippen molar-refractivity contribution in [2.75, 3.05) is 21.3 Å². The SMILES string of the molecule is COc1ccc(Cc2c3cc(OC)c(OC)cc3c(I)c(=O)n2C)cc1O. The fourth-order valence-electron chi connectivity index (χ4n) is 3.12. The van der Waals surface area contributed by atoms with Crippen LogP contribution in [0.15, 0.2) is 35.1 Å². The van der Waals surface area contributed by atoms with Crippen LogP contribution in [0, 0.1) is 3.57 Å². The molecule has 1 heterocycles. The Balaban J connectivity index is 2.25. The van der Waals surface area contributed by atoms with Gasteiger partial charge < -0.3 is 23.9 Å². The smallest absolute Gasteiger partial charge is 0.264 e.